The fourth-order valence-electron chi connectivity index (χ4n) is 2.55. The monoisotopic (exact) mass is 420 g/mol. The van der Waals surface area contributed by atoms with Crippen molar-refractivity contribution in [2.75, 3.05) is 11.9 Å². The minimum atomic E-state index is -2.72. The molecule has 0 aliphatic heterocycles. The molecule has 1 amide bonds. The predicted octanol–water partition coefficient (Wildman–Crippen LogP) is 4.32. The molecule has 1 N–H and O–H groups in total. The molecule has 3 aromatic rings. The number of carbonyl (C=O) groups excluding carboxylic acids is 2. The Morgan fingerprint density at radius 1 is 1.28 bits per heavy atom. The molecule has 2 aromatic heterocycles. The first-order valence-corrected chi connectivity index (χ1v) is 9.55. The molecule has 0 bridgehead atoms. The van der Waals surface area contributed by atoms with Gasteiger partial charge in [0.1, 0.15) is 5.75 Å². The zero-order valence-electron chi connectivity index (χ0n) is 15.7. The van der Waals surface area contributed by atoms with Crippen molar-refractivity contribution < 1.29 is 23.1 Å². The fraction of sp³-hybridized carbons (Fsp3) is 0.263. The van der Waals surface area contributed by atoms with Crippen LogP contribution in [-0.4, -0.2) is 32.8 Å². The molecule has 0 aliphatic rings. The molecule has 0 unspecified atom stereocenters. The molecule has 0 radical (unpaired) electrons. The normalized spacial score (nSPS) is 10.9. The summed E-state index contributed by atoms with van der Waals surface area (Å²) in [6.07, 6.45) is 2.88. The maximum absolute atomic E-state index is 13.0. The average molecular weight is 420 g/mol. The van der Waals surface area contributed by atoms with Crippen LogP contribution in [0.15, 0.2) is 36.7 Å². The highest BCUT2D eigenvalue weighted by Crippen LogP contribution is 2.33. The molecule has 1 aromatic carbocycles. The summed E-state index contributed by atoms with van der Waals surface area (Å²) in [6.45, 7) is 0.450. The number of imidazole rings is 1. The summed E-state index contributed by atoms with van der Waals surface area (Å²) in [5, 5.41) is 2.85. The second-order valence-electron chi connectivity index (χ2n) is 6.01. The number of Topliss-reactive ketones (excluding diaryl/α,β-unsaturated/α-hetero) is 1. The van der Waals surface area contributed by atoms with Gasteiger partial charge >= 0.3 is 6.55 Å². The summed E-state index contributed by atoms with van der Waals surface area (Å²) in [6, 6.07) is 6.51. The van der Waals surface area contributed by atoms with Gasteiger partial charge in [0.25, 0.3) is 5.91 Å². The molecule has 0 atom stereocenters. The van der Waals surface area contributed by atoms with E-state index >= 15 is 0 Å². The van der Waals surface area contributed by atoms with Crippen molar-refractivity contribution >= 4 is 28.2 Å². The topological polar surface area (TPSA) is 86.1 Å². The summed E-state index contributed by atoms with van der Waals surface area (Å²) < 4.78 is 32.2. The van der Waals surface area contributed by atoms with Gasteiger partial charge in [0.2, 0.25) is 0 Å². The molecule has 10 heteroatoms. The van der Waals surface area contributed by atoms with Crippen LogP contribution in [0.25, 0.3) is 10.7 Å². The van der Waals surface area contributed by atoms with E-state index in [4.69, 9.17) is 4.74 Å². The lowest BCUT2D eigenvalue weighted by atomic mass is 10.1. The minimum Gasteiger partial charge on any atom is -0.484 e. The molecule has 7 nitrogen and oxygen atoms in total. The minimum absolute atomic E-state index is 0.0247. The van der Waals surface area contributed by atoms with Gasteiger partial charge in [-0.1, -0.05) is 18.3 Å². The number of nitrogens with zero attached hydrogens (tertiary/aromatic N) is 3. The second kappa shape index (κ2) is 8.91. The molecule has 0 saturated carbocycles. The van der Waals surface area contributed by atoms with Crippen molar-refractivity contribution in [3.8, 4) is 16.5 Å². The van der Waals surface area contributed by atoms with Crippen LogP contribution in [0, 0.1) is 6.92 Å². The molecule has 152 valence electrons. The summed E-state index contributed by atoms with van der Waals surface area (Å²) in [5.41, 5.74) is 1.06. The lowest BCUT2D eigenvalue weighted by Gasteiger charge is -2.06. The van der Waals surface area contributed by atoms with E-state index in [2.05, 4.69) is 15.3 Å². The molecule has 0 fully saturated rings. The zero-order chi connectivity index (χ0) is 21.0. The Morgan fingerprint density at radius 2 is 2.00 bits per heavy atom. The standard InChI is InChI=1S/C19H18F2N4O3S/c1-3-14(26)12-4-6-13(7-5-12)28-10-15(27)24-19-23-11(2)16(29-19)17-22-8-9-25(17)18(20)21/h4-9,18H,3,10H2,1-2H3,(H,23,24,27). The molecule has 3 rings (SSSR count). The summed E-state index contributed by atoms with van der Waals surface area (Å²) >= 11 is 1.05. The highest BCUT2D eigenvalue weighted by Gasteiger charge is 2.19. The van der Waals surface area contributed by atoms with Crippen LogP contribution in [-0.2, 0) is 4.79 Å². The first kappa shape index (κ1) is 20.6. The van der Waals surface area contributed by atoms with E-state index in [1.54, 1.807) is 38.1 Å². The predicted molar refractivity (Wildman–Crippen MR) is 105 cm³/mol. The molecule has 0 spiro atoms. The number of thiazole rings is 1. The number of alkyl halides is 2. The second-order valence-corrected chi connectivity index (χ2v) is 7.01. The number of anilines is 1. The van der Waals surface area contributed by atoms with Gasteiger partial charge in [-0.25, -0.2) is 9.97 Å². The number of ketones is 1. The number of halogens is 2. The van der Waals surface area contributed by atoms with Gasteiger partial charge in [0.05, 0.1) is 10.6 Å². The lowest BCUT2D eigenvalue weighted by molar-refractivity contribution is -0.118. The van der Waals surface area contributed by atoms with E-state index < -0.39 is 12.5 Å². The van der Waals surface area contributed by atoms with Crippen LogP contribution < -0.4 is 10.1 Å². The van der Waals surface area contributed by atoms with Gasteiger partial charge < -0.3 is 4.74 Å². The van der Waals surface area contributed by atoms with Crippen molar-refractivity contribution in [1.29, 1.82) is 0 Å². The Balaban J connectivity index is 1.61. The highest BCUT2D eigenvalue weighted by molar-refractivity contribution is 7.19. The van der Waals surface area contributed by atoms with E-state index in [1.165, 1.54) is 12.4 Å². The molecule has 2 heterocycles. The number of hydrogen-bond acceptors (Lipinski definition) is 6. The third-order valence-electron chi connectivity index (χ3n) is 3.99. The van der Waals surface area contributed by atoms with Crippen LogP contribution in [0.2, 0.25) is 0 Å². The van der Waals surface area contributed by atoms with Gasteiger partial charge in [-0.15, -0.1) is 0 Å². The van der Waals surface area contributed by atoms with Crippen LogP contribution in [0.5, 0.6) is 5.75 Å². The van der Waals surface area contributed by atoms with E-state index in [-0.39, 0.29) is 23.3 Å². The third-order valence-corrected chi connectivity index (χ3v) is 5.06. The van der Waals surface area contributed by atoms with Crippen molar-refractivity contribution in [3.05, 3.63) is 47.9 Å². The molecular formula is C19H18F2N4O3S. The Kier molecular flexibility index (Phi) is 6.32. The zero-order valence-corrected chi connectivity index (χ0v) is 16.5. The number of nitrogens with one attached hydrogen (secondary N) is 1. The van der Waals surface area contributed by atoms with Crippen LogP contribution >= 0.6 is 11.3 Å². The first-order valence-electron chi connectivity index (χ1n) is 8.73. The van der Waals surface area contributed by atoms with E-state index in [0.717, 1.165) is 15.9 Å². The van der Waals surface area contributed by atoms with Crippen LogP contribution in [0.3, 0.4) is 0 Å². The Hall–Kier alpha value is -3.14. The van der Waals surface area contributed by atoms with Gasteiger partial charge in [0, 0.05) is 24.4 Å². The number of carbonyl (C=O) groups is 2. The number of ether oxygens (including phenoxy) is 1. The summed E-state index contributed by atoms with van der Waals surface area (Å²) in [7, 11) is 0. The number of amides is 1. The van der Waals surface area contributed by atoms with Gasteiger partial charge in [-0.05, 0) is 31.2 Å². The Morgan fingerprint density at radius 3 is 2.66 bits per heavy atom. The third kappa shape index (κ3) is 4.83. The highest BCUT2D eigenvalue weighted by atomic mass is 32.1. The first-order chi connectivity index (χ1) is 13.9. The Labute approximate surface area is 169 Å². The van der Waals surface area contributed by atoms with Crippen molar-refractivity contribution in [2.24, 2.45) is 0 Å². The van der Waals surface area contributed by atoms with Gasteiger partial charge in [-0.2, -0.15) is 8.78 Å². The lowest BCUT2D eigenvalue weighted by Crippen LogP contribution is -2.20. The fourth-order valence-corrected chi connectivity index (χ4v) is 3.53. The van der Waals surface area contributed by atoms with E-state index in [9.17, 15) is 18.4 Å². The molecule has 0 saturated heterocycles. The van der Waals surface area contributed by atoms with Gasteiger partial charge in [-0.3, -0.25) is 19.5 Å². The maximum atomic E-state index is 13.0. The van der Waals surface area contributed by atoms with Crippen molar-refractivity contribution in [3.63, 3.8) is 0 Å². The quantitative estimate of drug-likeness (QED) is 0.549. The Bertz CT molecular complexity index is 1010. The maximum Gasteiger partial charge on any atom is 0.320 e. The van der Waals surface area contributed by atoms with Crippen LogP contribution in [0.1, 0.15) is 35.9 Å². The largest absolute Gasteiger partial charge is 0.484 e. The average Bonchev–Trinajstić information content (AvgIpc) is 3.32. The van der Waals surface area contributed by atoms with Gasteiger partial charge in [0.15, 0.2) is 23.3 Å². The van der Waals surface area contributed by atoms with Crippen LogP contribution in [0.4, 0.5) is 13.9 Å². The SMILES string of the molecule is CCC(=O)c1ccc(OCC(=O)Nc2nc(C)c(-c3nccn3C(F)F)s2)cc1. The van der Waals surface area contributed by atoms with E-state index in [0.29, 0.717) is 28.3 Å². The molecule has 0 aliphatic carbocycles. The van der Waals surface area contributed by atoms with Crippen molar-refractivity contribution in [2.45, 2.75) is 26.8 Å². The molecule has 29 heavy (non-hydrogen) atoms. The number of hydrogen-bond donors (Lipinski definition) is 1. The number of aryl methyl sites for hydroxylation is 1. The molecular weight excluding hydrogens is 402 g/mol. The van der Waals surface area contributed by atoms with E-state index in [1.807, 2.05) is 0 Å². The smallest absolute Gasteiger partial charge is 0.320 e. The number of aromatic nitrogens is 3. The summed E-state index contributed by atoms with van der Waals surface area (Å²) in [5.74, 6) is 0.115. The van der Waals surface area contributed by atoms with Crippen molar-refractivity contribution in [1.82, 2.24) is 14.5 Å². The number of rotatable bonds is 8. The summed E-state index contributed by atoms with van der Waals surface area (Å²) in [4.78, 5) is 32.3. The number of benzene rings is 1.